The van der Waals surface area contributed by atoms with E-state index in [2.05, 4.69) is 10.0 Å². The van der Waals surface area contributed by atoms with Crippen molar-refractivity contribution >= 4 is 33.2 Å². The van der Waals surface area contributed by atoms with Gasteiger partial charge in [-0.15, -0.1) is 0 Å². The normalized spacial score (nSPS) is 11.8. The van der Waals surface area contributed by atoms with Crippen LogP contribution in [0.25, 0.3) is 0 Å². The van der Waals surface area contributed by atoms with Crippen LogP contribution in [0.5, 0.6) is 0 Å². The first kappa shape index (κ1) is 17.7. The fraction of sp³-hybridized carbons (Fsp3) is 0.500. The molecule has 1 rings (SSSR count). The van der Waals surface area contributed by atoms with Crippen LogP contribution in [0.15, 0.2) is 18.2 Å². The Kier molecular flexibility index (Phi) is 7.79. The minimum Gasteiger partial charge on any atom is -0.383 e. The summed E-state index contributed by atoms with van der Waals surface area (Å²) in [5.41, 5.74) is 0.597. The first-order valence-electron chi connectivity index (χ1n) is 6.05. The van der Waals surface area contributed by atoms with Crippen LogP contribution in [0.4, 0.5) is 0 Å². The molecule has 0 unspecified atom stereocenters. The van der Waals surface area contributed by atoms with E-state index in [1.165, 1.54) is 0 Å². The lowest BCUT2D eigenvalue weighted by atomic mass is 10.2. The van der Waals surface area contributed by atoms with E-state index in [1.807, 2.05) is 0 Å². The van der Waals surface area contributed by atoms with E-state index in [1.54, 1.807) is 25.3 Å². The molecule has 2 N–H and O–H groups in total. The molecule has 1 aromatic rings. The Morgan fingerprint density at radius 1 is 1.15 bits per heavy atom. The van der Waals surface area contributed by atoms with Gasteiger partial charge in [0.15, 0.2) is 0 Å². The number of benzene rings is 1. The van der Waals surface area contributed by atoms with Gasteiger partial charge in [-0.2, -0.15) is 0 Å². The zero-order valence-electron chi connectivity index (χ0n) is 11.2. The van der Waals surface area contributed by atoms with Crippen molar-refractivity contribution in [1.82, 2.24) is 10.0 Å². The fourth-order valence-electron chi connectivity index (χ4n) is 1.49. The first-order chi connectivity index (χ1) is 9.44. The molecule has 0 heterocycles. The number of rotatable bonds is 9. The van der Waals surface area contributed by atoms with Crippen molar-refractivity contribution in [3.05, 3.63) is 33.8 Å². The van der Waals surface area contributed by atoms with Crippen LogP contribution in [-0.4, -0.2) is 41.8 Å². The third kappa shape index (κ3) is 6.88. The summed E-state index contributed by atoms with van der Waals surface area (Å²) in [5, 5.41) is 3.80. The molecule has 0 atom stereocenters. The molecular formula is C12H18Cl2N2O3S. The molecule has 0 fully saturated rings. The Morgan fingerprint density at radius 2 is 1.90 bits per heavy atom. The number of hydrogen-bond donors (Lipinski definition) is 2. The van der Waals surface area contributed by atoms with E-state index < -0.39 is 10.0 Å². The van der Waals surface area contributed by atoms with Gasteiger partial charge in [-0.05, 0) is 17.7 Å². The molecule has 0 aromatic heterocycles. The Labute approximate surface area is 129 Å². The van der Waals surface area contributed by atoms with Crippen molar-refractivity contribution in [1.29, 1.82) is 0 Å². The number of nitrogens with one attached hydrogen (secondary N) is 2. The molecule has 0 saturated heterocycles. The molecule has 0 radical (unpaired) electrons. The highest BCUT2D eigenvalue weighted by Crippen LogP contribution is 2.23. The predicted molar refractivity (Wildman–Crippen MR) is 81.8 cm³/mol. The van der Waals surface area contributed by atoms with Gasteiger partial charge in [0, 0.05) is 26.7 Å². The number of ether oxygens (including phenoxy) is 1. The molecule has 0 amide bonds. The summed E-state index contributed by atoms with van der Waals surface area (Å²) >= 11 is 11.6. The summed E-state index contributed by atoms with van der Waals surface area (Å²) in [5.74, 6) is -0.123. The predicted octanol–water partition coefficient (Wildman–Crippen LogP) is 1.65. The Balaban J connectivity index is 2.39. The van der Waals surface area contributed by atoms with Crippen molar-refractivity contribution in [3.63, 3.8) is 0 Å². The highest BCUT2D eigenvalue weighted by Gasteiger charge is 2.11. The van der Waals surface area contributed by atoms with Gasteiger partial charge in [-0.1, -0.05) is 29.3 Å². The van der Waals surface area contributed by atoms with Crippen LogP contribution < -0.4 is 10.0 Å². The third-order valence-electron chi connectivity index (χ3n) is 2.45. The Bertz CT molecular complexity index is 523. The topological polar surface area (TPSA) is 67.4 Å². The number of hydrogen-bond acceptors (Lipinski definition) is 4. The van der Waals surface area contributed by atoms with Crippen LogP contribution in [0.1, 0.15) is 5.56 Å². The van der Waals surface area contributed by atoms with Crippen LogP contribution in [0, 0.1) is 0 Å². The van der Waals surface area contributed by atoms with Gasteiger partial charge in [-0.25, -0.2) is 13.1 Å². The van der Waals surface area contributed by atoms with Crippen LogP contribution in [0.3, 0.4) is 0 Å². The minimum atomic E-state index is -3.38. The molecule has 0 saturated carbocycles. The largest absolute Gasteiger partial charge is 0.383 e. The second kappa shape index (κ2) is 8.81. The summed E-state index contributed by atoms with van der Waals surface area (Å²) in [7, 11) is -1.77. The summed E-state index contributed by atoms with van der Waals surface area (Å²) in [6.45, 7) is 2.15. The lowest BCUT2D eigenvalue weighted by Crippen LogP contribution is -2.33. The molecule has 0 spiro atoms. The molecule has 114 valence electrons. The Hall–Kier alpha value is -0.370. The quantitative estimate of drug-likeness (QED) is 0.670. The van der Waals surface area contributed by atoms with Crippen molar-refractivity contribution in [2.75, 3.05) is 33.4 Å². The molecule has 20 heavy (non-hydrogen) atoms. The molecule has 8 heteroatoms. The van der Waals surface area contributed by atoms with Crippen molar-refractivity contribution in [2.45, 2.75) is 5.75 Å². The molecule has 1 aromatic carbocycles. The molecule has 0 aliphatic heterocycles. The molecule has 0 aliphatic rings. The van der Waals surface area contributed by atoms with Gasteiger partial charge >= 0.3 is 0 Å². The van der Waals surface area contributed by atoms with Crippen LogP contribution in [-0.2, 0) is 20.5 Å². The summed E-state index contributed by atoms with van der Waals surface area (Å²) in [6.07, 6.45) is 0. The van der Waals surface area contributed by atoms with Gasteiger partial charge in [-0.3, -0.25) is 0 Å². The van der Waals surface area contributed by atoms with Crippen molar-refractivity contribution in [2.24, 2.45) is 0 Å². The van der Waals surface area contributed by atoms with E-state index in [0.717, 1.165) is 0 Å². The fourth-order valence-corrected chi connectivity index (χ4v) is 2.95. The number of sulfonamides is 1. The average Bonchev–Trinajstić information content (AvgIpc) is 2.38. The second-order valence-electron chi connectivity index (χ2n) is 4.14. The van der Waals surface area contributed by atoms with Gasteiger partial charge in [0.25, 0.3) is 0 Å². The maximum absolute atomic E-state index is 11.8. The molecule has 5 nitrogen and oxygen atoms in total. The van der Waals surface area contributed by atoms with E-state index in [9.17, 15) is 8.42 Å². The minimum absolute atomic E-state index is 0.123. The van der Waals surface area contributed by atoms with Gasteiger partial charge in [0.05, 0.1) is 22.4 Å². The zero-order valence-corrected chi connectivity index (χ0v) is 13.5. The van der Waals surface area contributed by atoms with Crippen LogP contribution >= 0.6 is 23.2 Å². The first-order valence-corrected chi connectivity index (χ1v) is 8.46. The van der Waals surface area contributed by atoms with Crippen molar-refractivity contribution < 1.29 is 13.2 Å². The third-order valence-corrected chi connectivity index (χ3v) is 4.54. The lowest BCUT2D eigenvalue weighted by molar-refractivity contribution is 0.199. The van der Waals surface area contributed by atoms with E-state index in [0.29, 0.717) is 41.8 Å². The van der Waals surface area contributed by atoms with Gasteiger partial charge in [0.2, 0.25) is 10.0 Å². The van der Waals surface area contributed by atoms with Gasteiger partial charge < -0.3 is 10.1 Å². The molecule has 0 aliphatic carbocycles. The maximum Gasteiger partial charge on any atom is 0.215 e. The summed E-state index contributed by atoms with van der Waals surface area (Å²) in [6, 6.07) is 4.78. The monoisotopic (exact) mass is 340 g/mol. The smallest absolute Gasteiger partial charge is 0.215 e. The summed E-state index contributed by atoms with van der Waals surface area (Å²) in [4.78, 5) is 0. The molecule has 0 bridgehead atoms. The lowest BCUT2D eigenvalue weighted by Gasteiger charge is -2.08. The van der Waals surface area contributed by atoms with E-state index in [-0.39, 0.29) is 5.75 Å². The van der Waals surface area contributed by atoms with Gasteiger partial charge in [0.1, 0.15) is 0 Å². The maximum atomic E-state index is 11.8. The van der Waals surface area contributed by atoms with E-state index >= 15 is 0 Å². The van der Waals surface area contributed by atoms with Crippen molar-refractivity contribution in [3.8, 4) is 0 Å². The van der Waals surface area contributed by atoms with E-state index in [4.69, 9.17) is 27.9 Å². The average molecular weight is 341 g/mol. The zero-order chi connectivity index (χ0) is 15.0. The highest BCUT2D eigenvalue weighted by atomic mass is 35.5. The standard InChI is InChI=1S/C12H18Cl2N2O3S/c1-19-7-6-15-4-5-16-20(17,18)9-10-2-3-11(13)12(14)8-10/h2-3,8,15-16H,4-7,9H2,1H3. The number of methoxy groups -OCH3 is 1. The summed E-state index contributed by atoms with van der Waals surface area (Å²) < 4.78 is 31.1. The SMILES string of the molecule is COCCNCCNS(=O)(=O)Cc1ccc(Cl)c(Cl)c1. The second-order valence-corrected chi connectivity index (χ2v) is 6.77. The Morgan fingerprint density at radius 3 is 2.55 bits per heavy atom. The molecular weight excluding hydrogens is 323 g/mol. The highest BCUT2D eigenvalue weighted by molar-refractivity contribution is 7.88. The van der Waals surface area contributed by atoms with Crippen LogP contribution in [0.2, 0.25) is 10.0 Å². The number of halogens is 2.